The maximum absolute atomic E-state index is 6.63. The van der Waals surface area contributed by atoms with Crippen LogP contribution in [0, 0.1) is 26.0 Å². The summed E-state index contributed by atoms with van der Waals surface area (Å²) in [5, 5.41) is 7.82. The monoisotopic (exact) mass is 804 g/mol. The summed E-state index contributed by atoms with van der Waals surface area (Å²) in [4.78, 5) is 4.72. The molecule has 0 N–H and O–H groups in total. The number of hydrogen-bond acceptors (Lipinski definition) is 4. The third-order valence-corrected chi connectivity index (χ3v) is 11.6. The van der Waals surface area contributed by atoms with Crippen molar-refractivity contribution in [1.82, 2.24) is 19.3 Å². The van der Waals surface area contributed by atoms with E-state index in [1.807, 2.05) is 24.3 Å². The summed E-state index contributed by atoms with van der Waals surface area (Å²) in [6, 6.07) is 36.5. The average molecular weight is 805 g/mol. The molecular weight excluding hydrogens is 759 g/mol. The van der Waals surface area contributed by atoms with Gasteiger partial charge in [0.1, 0.15) is 11.6 Å². The Morgan fingerprint density at radius 1 is 0.685 bits per heavy atom. The van der Waals surface area contributed by atoms with Gasteiger partial charge in [0.05, 0.1) is 18.5 Å². The van der Waals surface area contributed by atoms with Crippen molar-refractivity contribution in [3.05, 3.63) is 126 Å². The summed E-state index contributed by atoms with van der Waals surface area (Å²) >= 11 is 0. The summed E-state index contributed by atoms with van der Waals surface area (Å²) in [7, 11) is 1.68. The molecule has 2 aliphatic rings. The summed E-state index contributed by atoms with van der Waals surface area (Å²) in [5.41, 5.74) is 10.9. The maximum Gasteiger partial charge on any atom is 2.00 e. The topological polar surface area (TPSA) is 54.1 Å². The van der Waals surface area contributed by atoms with Gasteiger partial charge in [-0.1, -0.05) is 80.4 Å². The Balaban J connectivity index is 0.00000413. The molecular formula is C47H46N4O2Pd. The molecule has 0 amide bonds. The van der Waals surface area contributed by atoms with Gasteiger partial charge in [0.25, 0.3) is 0 Å². The van der Waals surface area contributed by atoms with Crippen molar-refractivity contribution >= 4 is 21.8 Å². The van der Waals surface area contributed by atoms with Crippen LogP contribution in [-0.4, -0.2) is 26.4 Å². The number of methoxy groups -OCH3 is 1. The van der Waals surface area contributed by atoms with Crippen LogP contribution < -0.4 is 9.47 Å². The molecule has 0 saturated heterocycles. The molecule has 0 radical (unpaired) electrons. The number of benzene rings is 4. The molecule has 0 atom stereocenters. The van der Waals surface area contributed by atoms with Crippen molar-refractivity contribution in [2.24, 2.45) is 0 Å². The molecule has 2 saturated carbocycles. The van der Waals surface area contributed by atoms with Gasteiger partial charge in [0.15, 0.2) is 0 Å². The standard InChI is InChI=1S/C47H46N4O2.Pd/c1-31-14-12-15-32(2)44(31)45-46(33-16-6-4-7-17-33)49-51(47(45)34-18-8-5-9-19-34)35-20-13-21-37(28-35)53-38-24-25-40-39-22-10-11-23-41(39)50(42(40)29-38)43-30-36(52-3)26-27-48-43;/h10-15,20-27,30,33-34H,4-9,16-19H2,1-3H3;/q-2;+2. The van der Waals surface area contributed by atoms with Crippen molar-refractivity contribution < 1.29 is 29.9 Å². The number of nitrogens with zero attached hydrogens (tertiary/aromatic N) is 4. The Kier molecular flexibility index (Phi) is 10.5. The van der Waals surface area contributed by atoms with Crippen LogP contribution in [0.5, 0.6) is 17.2 Å². The van der Waals surface area contributed by atoms with Crippen molar-refractivity contribution in [3.63, 3.8) is 0 Å². The van der Waals surface area contributed by atoms with E-state index in [0.717, 1.165) is 39.1 Å². The second kappa shape index (κ2) is 15.6. The number of rotatable bonds is 8. The molecule has 3 heterocycles. The molecule has 276 valence electrons. The smallest absolute Gasteiger partial charge is 0.509 e. The molecule has 0 unspecified atom stereocenters. The number of hydrogen-bond donors (Lipinski definition) is 0. The second-order valence-corrected chi connectivity index (χ2v) is 15.0. The zero-order valence-corrected chi connectivity index (χ0v) is 32.9. The summed E-state index contributed by atoms with van der Waals surface area (Å²) < 4.78 is 16.6. The van der Waals surface area contributed by atoms with E-state index in [-0.39, 0.29) is 20.4 Å². The van der Waals surface area contributed by atoms with E-state index in [4.69, 9.17) is 19.6 Å². The third kappa shape index (κ3) is 6.67. The first kappa shape index (κ1) is 36.3. The van der Waals surface area contributed by atoms with Crippen LogP contribution in [0.25, 0.3) is 44.4 Å². The van der Waals surface area contributed by atoms with Crippen LogP contribution in [-0.2, 0) is 20.4 Å². The molecule has 0 aliphatic heterocycles. The number of aryl methyl sites for hydroxylation is 2. The van der Waals surface area contributed by atoms with E-state index in [0.29, 0.717) is 23.3 Å². The van der Waals surface area contributed by atoms with Gasteiger partial charge < -0.3 is 14.0 Å². The summed E-state index contributed by atoms with van der Waals surface area (Å²) in [6.45, 7) is 4.54. The minimum Gasteiger partial charge on any atom is -0.509 e. The Labute approximate surface area is 332 Å². The first-order valence-corrected chi connectivity index (χ1v) is 19.4. The van der Waals surface area contributed by atoms with E-state index >= 15 is 0 Å². The van der Waals surface area contributed by atoms with Crippen LogP contribution in [0.3, 0.4) is 0 Å². The van der Waals surface area contributed by atoms with Gasteiger partial charge in [-0.3, -0.25) is 4.68 Å². The predicted octanol–water partition coefficient (Wildman–Crippen LogP) is 12.1. The van der Waals surface area contributed by atoms with Crippen LogP contribution in [0.1, 0.15) is 98.6 Å². The summed E-state index contributed by atoms with van der Waals surface area (Å²) in [5.74, 6) is 3.68. The molecule has 3 aromatic heterocycles. The SMILES string of the molecule is COc1ccnc(-n2c3[c-]c(Oc4[c-]c(-n5nc(C6CCCCC6)c(-c6c(C)cccc6C)c5C5CCCCC5)ccc4)ccc3c3ccccc32)c1.[Pd+2]. The van der Waals surface area contributed by atoms with Crippen molar-refractivity contribution in [2.45, 2.75) is 89.9 Å². The number of fused-ring (bicyclic) bond motifs is 3. The first-order valence-electron chi connectivity index (χ1n) is 19.4. The average Bonchev–Trinajstić information content (AvgIpc) is 3.75. The molecule has 2 fully saturated rings. The number of pyridine rings is 1. The Bertz CT molecular complexity index is 2410. The molecule has 54 heavy (non-hydrogen) atoms. The Morgan fingerprint density at radius 3 is 2.15 bits per heavy atom. The molecule has 4 aromatic carbocycles. The molecule has 7 aromatic rings. The molecule has 0 bridgehead atoms. The molecule has 7 heteroatoms. The van der Waals surface area contributed by atoms with Crippen LogP contribution >= 0.6 is 0 Å². The van der Waals surface area contributed by atoms with Crippen molar-refractivity contribution in [3.8, 4) is 39.9 Å². The van der Waals surface area contributed by atoms with Crippen LogP contribution in [0.4, 0.5) is 0 Å². The normalized spacial score (nSPS) is 15.4. The van der Waals surface area contributed by atoms with Gasteiger partial charge >= 0.3 is 20.4 Å². The Hall–Kier alpha value is -4.70. The quantitative estimate of drug-likeness (QED) is 0.113. The minimum absolute atomic E-state index is 0. The molecule has 9 rings (SSSR count). The predicted molar refractivity (Wildman–Crippen MR) is 213 cm³/mol. The zero-order valence-electron chi connectivity index (χ0n) is 31.3. The van der Waals surface area contributed by atoms with Gasteiger partial charge in [-0.05, 0) is 79.4 Å². The van der Waals surface area contributed by atoms with E-state index in [1.54, 1.807) is 13.3 Å². The molecule has 2 aliphatic carbocycles. The minimum atomic E-state index is 0. The van der Waals surface area contributed by atoms with Crippen LogP contribution in [0.2, 0.25) is 0 Å². The number of ether oxygens (including phenoxy) is 2. The maximum atomic E-state index is 6.63. The largest absolute Gasteiger partial charge is 2.00 e. The third-order valence-electron chi connectivity index (χ3n) is 11.6. The van der Waals surface area contributed by atoms with Gasteiger partial charge in [0.2, 0.25) is 0 Å². The Morgan fingerprint density at radius 2 is 1.39 bits per heavy atom. The first-order chi connectivity index (χ1) is 26.1. The second-order valence-electron chi connectivity index (χ2n) is 15.0. The molecule has 6 nitrogen and oxygen atoms in total. The fourth-order valence-corrected chi connectivity index (χ4v) is 9.07. The van der Waals surface area contributed by atoms with Gasteiger partial charge in [-0.25, -0.2) is 4.98 Å². The van der Waals surface area contributed by atoms with Crippen molar-refractivity contribution in [2.75, 3.05) is 7.11 Å². The van der Waals surface area contributed by atoms with E-state index in [1.165, 1.54) is 97.8 Å². The van der Waals surface area contributed by atoms with Crippen molar-refractivity contribution in [1.29, 1.82) is 0 Å². The number of aromatic nitrogens is 4. The molecule has 0 spiro atoms. The summed E-state index contributed by atoms with van der Waals surface area (Å²) in [6.07, 6.45) is 14.2. The van der Waals surface area contributed by atoms with E-state index in [9.17, 15) is 0 Å². The van der Waals surface area contributed by atoms with Gasteiger partial charge in [-0.15, -0.1) is 35.7 Å². The fourth-order valence-electron chi connectivity index (χ4n) is 9.07. The van der Waals surface area contributed by atoms with E-state index < -0.39 is 0 Å². The fraction of sp³-hybridized carbons (Fsp3) is 0.319. The van der Waals surface area contributed by atoms with Crippen LogP contribution in [0.15, 0.2) is 91.1 Å². The van der Waals surface area contributed by atoms with Gasteiger partial charge in [-0.2, -0.15) is 17.2 Å². The van der Waals surface area contributed by atoms with E-state index in [2.05, 4.69) is 95.9 Å². The zero-order chi connectivity index (χ0) is 35.9. The number of para-hydroxylation sites is 1. The van der Waals surface area contributed by atoms with Gasteiger partial charge in [0, 0.05) is 46.7 Å².